The van der Waals surface area contributed by atoms with Gasteiger partial charge in [0.2, 0.25) is 0 Å². The van der Waals surface area contributed by atoms with Gasteiger partial charge in [0.05, 0.1) is 6.10 Å². The molecule has 0 aliphatic heterocycles. The molecule has 0 fully saturated rings. The van der Waals surface area contributed by atoms with E-state index in [2.05, 4.69) is 5.32 Å². The highest BCUT2D eigenvalue weighted by Gasteiger charge is 2.09. The van der Waals surface area contributed by atoms with E-state index in [-0.39, 0.29) is 18.0 Å². The summed E-state index contributed by atoms with van der Waals surface area (Å²) in [6.07, 6.45) is 0.0157. The molecule has 0 aliphatic rings. The van der Waals surface area contributed by atoms with Gasteiger partial charge in [-0.15, -0.1) is 0 Å². The van der Waals surface area contributed by atoms with Gasteiger partial charge in [-0.2, -0.15) is 0 Å². The molecule has 1 rings (SSSR count). The zero-order valence-electron chi connectivity index (χ0n) is 9.46. The topological polar surface area (TPSA) is 49.3 Å². The Morgan fingerprint density at radius 2 is 2.25 bits per heavy atom. The van der Waals surface area contributed by atoms with Crippen molar-refractivity contribution in [3.8, 4) is 0 Å². The van der Waals surface area contributed by atoms with Gasteiger partial charge in [-0.25, -0.2) is 4.39 Å². The SMILES string of the molecule is CCC(O)CNC(=O)c1ccc(C)c(F)c1. The lowest BCUT2D eigenvalue weighted by Crippen LogP contribution is -2.31. The van der Waals surface area contributed by atoms with E-state index in [1.807, 2.05) is 6.92 Å². The van der Waals surface area contributed by atoms with E-state index in [0.717, 1.165) is 0 Å². The number of hydrogen-bond acceptors (Lipinski definition) is 2. The maximum atomic E-state index is 13.2. The van der Waals surface area contributed by atoms with Gasteiger partial charge in [0.25, 0.3) is 5.91 Å². The summed E-state index contributed by atoms with van der Waals surface area (Å²) in [5, 5.41) is 11.8. The monoisotopic (exact) mass is 225 g/mol. The Kier molecular flexibility index (Phi) is 4.43. The Labute approximate surface area is 94.3 Å². The number of nitrogens with one attached hydrogen (secondary N) is 1. The molecule has 1 unspecified atom stereocenters. The number of halogens is 1. The molecule has 0 aromatic heterocycles. The Bertz CT molecular complexity index is 379. The second-order valence-electron chi connectivity index (χ2n) is 3.74. The zero-order chi connectivity index (χ0) is 12.1. The minimum atomic E-state index is -0.556. The Hall–Kier alpha value is -1.42. The minimum Gasteiger partial charge on any atom is -0.391 e. The van der Waals surface area contributed by atoms with E-state index >= 15 is 0 Å². The fraction of sp³-hybridized carbons (Fsp3) is 0.417. The molecule has 16 heavy (non-hydrogen) atoms. The fourth-order valence-electron chi connectivity index (χ4n) is 1.19. The van der Waals surface area contributed by atoms with Gasteiger partial charge >= 0.3 is 0 Å². The third kappa shape index (κ3) is 3.31. The molecule has 0 aliphatic carbocycles. The van der Waals surface area contributed by atoms with Crippen LogP contribution in [-0.2, 0) is 0 Å². The first-order chi connectivity index (χ1) is 7.54. The molecule has 1 atom stereocenters. The van der Waals surface area contributed by atoms with Gasteiger partial charge in [0, 0.05) is 12.1 Å². The predicted octanol–water partition coefficient (Wildman–Crippen LogP) is 1.63. The summed E-state index contributed by atoms with van der Waals surface area (Å²) in [5.41, 5.74) is 0.775. The molecule has 88 valence electrons. The van der Waals surface area contributed by atoms with E-state index in [0.29, 0.717) is 12.0 Å². The number of aliphatic hydroxyl groups excluding tert-OH is 1. The van der Waals surface area contributed by atoms with Crippen molar-refractivity contribution in [2.75, 3.05) is 6.54 Å². The second kappa shape index (κ2) is 5.61. The van der Waals surface area contributed by atoms with Crippen LogP contribution >= 0.6 is 0 Å². The van der Waals surface area contributed by atoms with Gasteiger partial charge in [0.15, 0.2) is 0 Å². The van der Waals surface area contributed by atoms with Crippen molar-refractivity contribution >= 4 is 5.91 Å². The molecule has 2 N–H and O–H groups in total. The summed E-state index contributed by atoms with van der Waals surface area (Å²) in [6, 6.07) is 4.32. The second-order valence-corrected chi connectivity index (χ2v) is 3.74. The lowest BCUT2D eigenvalue weighted by Gasteiger charge is -2.09. The van der Waals surface area contributed by atoms with Crippen LogP contribution in [-0.4, -0.2) is 23.7 Å². The van der Waals surface area contributed by atoms with Crippen molar-refractivity contribution < 1.29 is 14.3 Å². The standard InChI is InChI=1S/C12H16FNO2/c1-3-10(15)7-14-12(16)9-5-4-8(2)11(13)6-9/h4-6,10,15H,3,7H2,1-2H3,(H,14,16). The van der Waals surface area contributed by atoms with Gasteiger partial charge in [-0.3, -0.25) is 4.79 Å². The van der Waals surface area contributed by atoms with Gasteiger partial charge in [-0.1, -0.05) is 13.0 Å². The molecule has 4 heteroatoms. The highest BCUT2D eigenvalue weighted by atomic mass is 19.1. The predicted molar refractivity (Wildman–Crippen MR) is 59.8 cm³/mol. The first-order valence-electron chi connectivity index (χ1n) is 5.27. The largest absolute Gasteiger partial charge is 0.391 e. The van der Waals surface area contributed by atoms with E-state index in [4.69, 9.17) is 0 Å². The van der Waals surface area contributed by atoms with Crippen LogP contribution in [0.5, 0.6) is 0 Å². The number of hydrogen-bond donors (Lipinski definition) is 2. The average Bonchev–Trinajstić information content (AvgIpc) is 2.29. The van der Waals surface area contributed by atoms with Gasteiger partial charge in [0.1, 0.15) is 5.82 Å². The first kappa shape index (κ1) is 12.6. The fourth-order valence-corrected chi connectivity index (χ4v) is 1.19. The maximum Gasteiger partial charge on any atom is 0.251 e. The quantitative estimate of drug-likeness (QED) is 0.818. The summed E-state index contributed by atoms with van der Waals surface area (Å²) < 4.78 is 13.2. The average molecular weight is 225 g/mol. The van der Waals surface area contributed by atoms with Crippen molar-refractivity contribution in [1.29, 1.82) is 0 Å². The van der Waals surface area contributed by atoms with Gasteiger partial charge in [-0.05, 0) is 31.0 Å². The van der Waals surface area contributed by atoms with Crippen LogP contribution in [0.4, 0.5) is 4.39 Å². The van der Waals surface area contributed by atoms with E-state index < -0.39 is 11.9 Å². The third-order valence-electron chi connectivity index (χ3n) is 2.40. The normalized spacial score (nSPS) is 12.2. The number of aliphatic hydroxyl groups is 1. The smallest absolute Gasteiger partial charge is 0.251 e. The Balaban J connectivity index is 2.63. The van der Waals surface area contributed by atoms with E-state index in [1.165, 1.54) is 6.07 Å². The van der Waals surface area contributed by atoms with Crippen molar-refractivity contribution in [1.82, 2.24) is 5.32 Å². The number of carbonyl (C=O) groups excluding carboxylic acids is 1. The molecular formula is C12H16FNO2. The summed E-state index contributed by atoms with van der Waals surface area (Å²) in [7, 11) is 0. The summed E-state index contributed by atoms with van der Waals surface area (Å²) in [4.78, 5) is 11.5. The van der Waals surface area contributed by atoms with Crippen LogP contribution in [0.3, 0.4) is 0 Å². The molecule has 0 saturated carbocycles. The van der Waals surface area contributed by atoms with Crippen LogP contribution in [0.1, 0.15) is 29.3 Å². The summed E-state index contributed by atoms with van der Waals surface area (Å²) in [5.74, 6) is -0.768. The van der Waals surface area contributed by atoms with E-state index in [9.17, 15) is 14.3 Å². The van der Waals surface area contributed by atoms with Crippen molar-refractivity contribution in [3.63, 3.8) is 0 Å². The van der Waals surface area contributed by atoms with Crippen LogP contribution < -0.4 is 5.32 Å². The van der Waals surface area contributed by atoms with E-state index in [1.54, 1.807) is 19.1 Å². The van der Waals surface area contributed by atoms with Gasteiger partial charge < -0.3 is 10.4 Å². The van der Waals surface area contributed by atoms with Crippen LogP contribution in [0.25, 0.3) is 0 Å². The molecule has 1 aromatic rings. The van der Waals surface area contributed by atoms with Crippen molar-refractivity contribution in [2.24, 2.45) is 0 Å². The number of amides is 1. The molecular weight excluding hydrogens is 209 g/mol. The molecule has 0 bridgehead atoms. The summed E-state index contributed by atoms with van der Waals surface area (Å²) in [6.45, 7) is 3.64. The first-order valence-corrected chi connectivity index (χ1v) is 5.27. The number of rotatable bonds is 4. The molecule has 0 heterocycles. The number of benzene rings is 1. The molecule has 0 saturated heterocycles. The van der Waals surface area contributed by atoms with Crippen LogP contribution in [0, 0.1) is 12.7 Å². The molecule has 1 aromatic carbocycles. The minimum absolute atomic E-state index is 0.185. The van der Waals surface area contributed by atoms with Crippen molar-refractivity contribution in [3.05, 3.63) is 35.1 Å². The highest BCUT2D eigenvalue weighted by Crippen LogP contribution is 2.08. The number of carbonyl (C=O) groups is 1. The number of aryl methyl sites for hydroxylation is 1. The van der Waals surface area contributed by atoms with Crippen LogP contribution in [0.15, 0.2) is 18.2 Å². The molecule has 0 radical (unpaired) electrons. The lowest BCUT2D eigenvalue weighted by molar-refractivity contribution is 0.0913. The molecule has 0 spiro atoms. The highest BCUT2D eigenvalue weighted by molar-refractivity contribution is 5.94. The molecule has 3 nitrogen and oxygen atoms in total. The lowest BCUT2D eigenvalue weighted by atomic mass is 10.1. The van der Waals surface area contributed by atoms with Crippen LogP contribution in [0.2, 0.25) is 0 Å². The maximum absolute atomic E-state index is 13.2. The third-order valence-corrected chi connectivity index (χ3v) is 2.40. The molecule has 1 amide bonds. The Morgan fingerprint density at radius 3 is 2.81 bits per heavy atom. The zero-order valence-corrected chi connectivity index (χ0v) is 9.46. The Morgan fingerprint density at radius 1 is 1.56 bits per heavy atom. The van der Waals surface area contributed by atoms with Crippen molar-refractivity contribution in [2.45, 2.75) is 26.4 Å². The summed E-state index contributed by atoms with van der Waals surface area (Å²) >= 11 is 0.